The van der Waals surface area contributed by atoms with Crippen LogP contribution in [0, 0.1) is 17.1 Å². The third kappa shape index (κ3) is 6.15. The predicted octanol–water partition coefficient (Wildman–Crippen LogP) is 4.44. The van der Waals surface area contributed by atoms with Crippen molar-refractivity contribution in [2.45, 2.75) is 13.5 Å². The van der Waals surface area contributed by atoms with Gasteiger partial charge in [-0.05, 0) is 72.6 Å². The molecule has 0 aliphatic rings. The summed E-state index contributed by atoms with van der Waals surface area (Å²) in [6.45, 7) is 2.60. The molecule has 1 amide bonds. The van der Waals surface area contributed by atoms with Gasteiger partial charge in [0.05, 0.1) is 24.5 Å². The molecule has 0 aromatic heterocycles. The van der Waals surface area contributed by atoms with E-state index in [0.29, 0.717) is 34.8 Å². The first-order valence-electron chi connectivity index (χ1n) is 9.56. The molecule has 0 saturated carbocycles. The van der Waals surface area contributed by atoms with Crippen LogP contribution in [0.2, 0.25) is 0 Å². The number of nitrogens with one attached hydrogen (secondary N) is 1. The van der Waals surface area contributed by atoms with Gasteiger partial charge in [0.15, 0.2) is 11.5 Å². The maximum Gasteiger partial charge on any atom is 0.271 e. The molecule has 0 unspecified atom stereocenters. The van der Waals surface area contributed by atoms with E-state index >= 15 is 0 Å². The molecule has 156 valence electrons. The van der Waals surface area contributed by atoms with Crippen LogP contribution in [0.15, 0.2) is 71.8 Å². The summed E-state index contributed by atoms with van der Waals surface area (Å²) in [5.74, 6) is 0.230. The summed E-state index contributed by atoms with van der Waals surface area (Å²) in [6, 6.07) is 19.8. The Bertz CT molecular complexity index is 1120. The molecular formula is C24H20FN3O3. The van der Waals surface area contributed by atoms with Gasteiger partial charge in [-0.2, -0.15) is 10.4 Å². The molecule has 1 N–H and O–H groups in total. The smallest absolute Gasteiger partial charge is 0.271 e. The van der Waals surface area contributed by atoms with Crippen LogP contribution in [0.1, 0.15) is 34.0 Å². The molecule has 0 heterocycles. The van der Waals surface area contributed by atoms with Crippen LogP contribution < -0.4 is 14.9 Å². The molecule has 0 aliphatic heterocycles. The Hall–Kier alpha value is -4.18. The Morgan fingerprint density at radius 3 is 2.65 bits per heavy atom. The van der Waals surface area contributed by atoms with Crippen LogP contribution in [0.5, 0.6) is 11.5 Å². The predicted molar refractivity (Wildman–Crippen MR) is 115 cm³/mol. The normalized spacial score (nSPS) is 10.5. The summed E-state index contributed by atoms with van der Waals surface area (Å²) in [6.07, 6.45) is 1.48. The van der Waals surface area contributed by atoms with E-state index < -0.39 is 11.7 Å². The van der Waals surface area contributed by atoms with Crippen LogP contribution in [-0.4, -0.2) is 18.7 Å². The maximum absolute atomic E-state index is 12.9. The molecule has 6 nitrogen and oxygen atoms in total. The zero-order valence-corrected chi connectivity index (χ0v) is 16.8. The van der Waals surface area contributed by atoms with Crippen molar-refractivity contribution in [3.63, 3.8) is 0 Å². The molecule has 0 bridgehead atoms. The molecule has 0 atom stereocenters. The van der Waals surface area contributed by atoms with Crippen LogP contribution in [0.3, 0.4) is 0 Å². The Kier molecular flexibility index (Phi) is 7.33. The van der Waals surface area contributed by atoms with Crippen molar-refractivity contribution in [2.24, 2.45) is 5.10 Å². The van der Waals surface area contributed by atoms with Crippen LogP contribution >= 0.6 is 0 Å². The monoisotopic (exact) mass is 417 g/mol. The van der Waals surface area contributed by atoms with Crippen molar-refractivity contribution in [3.05, 3.63) is 94.8 Å². The standard InChI is InChI=1S/C24H20FN3O3/c1-2-30-23-13-18(15-27-28-24(29)20-7-9-21(25)10-8-20)6-11-22(23)31-16-19-5-3-4-17(12-19)14-26/h3-13,15H,2,16H2,1H3,(H,28,29)/b27-15-. The number of benzene rings is 3. The summed E-state index contributed by atoms with van der Waals surface area (Å²) < 4.78 is 24.5. The average molecular weight is 417 g/mol. The molecule has 31 heavy (non-hydrogen) atoms. The third-order valence-electron chi connectivity index (χ3n) is 4.20. The first-order valence-corrected chi connectivity index (χ1v) is 9.56. The van der Waals surface area contributed by atoms with Gasteiger partial charge in [0.1, 0.15) is 12.4 Å². The minimum atomic E-state index is -0.444. The van der Waals surface area contributed by atoms with Gasteiger partial charge >= 0.3 is 0 Å². The number of carbonyl (C=O) groups excluding carboxylic acids is 1. The van der Waals surface area contributed by atoms with Gasteiger partial charge in [-0.3, -0.25) is 4.79 Å². The number of amides is 1. The van der Waals surface area contributed by atoms with E-state index in [9.17, 15) is 9.18 Å². The number of halogens is 1. The highest BCUT2D eigenvalue weighted by Gasteiger charge is 2.08. The van der Waals surface area contributed by atoms with Gasteiger partial charge in [-0.25, -0.2) is 9.82 Å². The van der Waals surface area contributed by atoms with E-state index in [1.165, 1.54) is 30.5 Å². The number of nitriles is 1. The average Bonchev–Trinajstić information content (AvgIpc) is 2.79. The number of rotatable bonds is 8. The summed E-state index contributed by atoms with van der Waals surface area (Å²) in [5.41, 5.74) is 4.84. The zero-order chi connectivity index (χ0) is 22.1. The van der Waals surface area contributed by atoms with Crippen LogP contribution in [-0.2, 0) is 6.61 Å². The Balaban J connectivity index is 1.66. The van der Waals surface area contributed by atoms with E-state index in [-0.39, 0.29) is 6.61 Å². The van der Waals surface area contributed by atoms with Gasteiger partial charge in [0.25, 0.3) is 5.91 Å². The van der Waals surface area contributed by atoms with E-state index in [4.69, 9.17) is 14.7 Å². The van der Waals surface area contributed by atoms with E-state index in [0.717, 1.165) is 5.56 Å². The highest BCUT2D eigenvalue weighted by molar-refractivity contribution is 5.94. The van der Waals surface area contributed by atoms with Gasteiger partial charge < -0.3 is 9.47 Å². The molecule has 3 rings (SSSR count). The highest BCUT2D eigenvalue weighted by atomic mass is 19.1. The number of carbonyl (C=O) groups is 1. The molecule has 0 spiro atoms. The topological polar surface area (TPSA) is 83.7 Å². The first kappa shape index (κ1) is 21.5. The van der Waals surface area contributed by atoms with Crippen molar-refractivity contribution >= 4 is 12.1 Å². The molecule has 3 aromatic carbocycles. The Morgan fingerprint density at radius 1 is 1.10 bits per heavy atom. The molecule has 0 saturated heterocycles. The quantitative estimate of drug-likeness (QED) is 0.434. The van der Waals surface area contributed by atoms with Gasteiger partial charge in [0.2, 0.25) is 0 Å². The Labute approximate surface area is 179 Å². The number of nitrogens with zero attached hydrogens (tertiary/aromatic N) is 2. The zero-order valence-electron chi connectivity index (χ0n) is 16.8. The third-order valence-corrected chi connectivity index (χ3v) is 4.20. The summed E-state index contributed by atoms with van der Waals surface area (Å²) in [5, 5.41) is 12.9. The number of hydrogen-bond donors (Lipinski definition) is 1. The lowest BCUT2D eigenvalue weighted by molar-refractivity contribution is 0.0955. The molecule has 3 aromatic rings. The van der Waals surface area contributed by atoms with Crippen molar-refractivity contribution in [1.29, 1.82) is 5.26 Å². The summed E-state index contributed by atoms with van der Waals surface area (Å²) in [4.78, 5) is 12.0. The van der Waals surface area contributed by atoms with Gasteiger partial charge in [0, 0.05) is 5.56 Å². The molecule has 7 heteroatoms. The van der Waals surface area contributed by atoms with Gasteiger partial charge in [-0.15, -0.1) is 0 Å². The van der Waals surface area contributed by atoms with E-state index in [2.05, 4.69) is 16.6 Å². The molecule has 0 radical (unpaired) electrons. The summed E-state index contributed by atoms with van der Waals surface area (Å²) in [7, 11) is 0. The van der Waals surface area contributed by atoms with Crippen molar-refractivity contribution < 1.29 is 18.7 Å². The van der Waals surface area contributed by atoms with Crippen molar-refractivity contribution in [3.8, 4) is 17.6 Å². The van der Waals surface area contributed by atoms with Gasteiger partial charge in [-0.1, -0.05) is 12.1 Å². The molecule has 0 fully saturated rings. The molecular weight excluding hydrogens is 397 g/mol. The van der Waals surface area contributed by atoms with Crippen molar-refractivity contribution in [1.82, 2.24) is 5.43 Å². The SMILES string of the molecule is CCOc1cc(/C=N\NC(=O)c2ccc(F)cc2)ccc1OCc1cccc(C#N)c1. The lowest BCUT2D eigenvalue weighted by Crippen LogP contribution is -2.17. The van der Waals surface area contributed by atoms with E-state index in [1.807, 2.05) is 13.0 Å². The second kappa shape index (κ2) is 10.6. The largest absolute Gasteiger partial charge is 0.490 e. The maximum atomic E-state index is 12.9. The van der Waals surface area contributed by atoms with Crippen LogP contribution in [0.4, 0.5) is 4.39 Å². The van der Waals surface area contributed by atoms with E-state index in [1.54, 1.807) is 36.4 Å². The lowest BCUT2D eigenvalue weighted by atomic mass is 10.1. The van der Waals surface area contributed by atoms with Crippen molar-refractivity contribution in [2.75, 3.05) is 6.61 Å². The Morgan fingerprint density at radius 2 is 1.90 bits per heavy atom. The number of ether oxygens (including phenoxy) is 2. The highest BCUT2D eigenvalue weighted by Crippen LogP contribution is 2.29. The van der Waals surface area contributed by atoms with Crippen LogP contribution in [0.25, 0.3) is 0 Å². The number of hydrazone groups is 1. The summed E-state index contributed by atoms with van der Waals surface area (Å²) >= 11 is 0. The molecule has 0 aliphatic carbocycles. The fourth-order valence-corrected chi connectivity index (χ4v) is 2.72. The second-order valence-electron chi connectivity index (χ2n) is 6.45. The number of hydrogen-bond acceptors (Lipinski definition) is 5. The second-order valence-corrected chi connectivity index (χ2v) is 6.45. The fraction of sp³-hybridized carbons (Fsp3) is 0.125. The minimum absolute atomic E-state index is 0.288. The first-order chi connectivity index (χ1) is 15.1. The fourth-order valence-electron chi connectivity index (χ4n) is 2.72. The minimum Gasteiger partial charge on any atom is -0.490 e. The lowest BCUT2D eigenvalue weighted by Gasteiger charge is -2.12.